The molecule has 0 aromatic carbocycles. The van der Waals surface area contributed by atoms with Gasteiger partial charge in [-0.3, -0.25) is 5.25 Å². The van der Waals surface area contributed by atoms with E-state index in [2.05, 4.69) is 12.6 Å². The molecule has 0 spiro atoms. The van der Waals surface area contributed by atoms with E-state index in [-0.39, 0.29) is 18.9 Å². The topological polar surface area (TPSA) is 0 Å². The van der Waals surface area contributed by atoms with Crippen LogP contribution in [-0.2, 0) is 0 Å². The molecule has 0 aliphatic carbocycles. The van der Waals surface area contributed by atoms with E-state index in [9.17, 15) is 0 Å². The van der Waals surface area contributed by atoms with Crippen molar-refractivity contribution in [3.8, 4) is 0 Å². The van der Waals surface area contributed by atoms with Crippen LogP contribution in [0, 0.1) is 5.25 Å². The SMILES string of the molecule is C[C-](C)S.[Li+]. The minimum Gasteiger partial charge on any atom is -0.367 e. The predicted octanol–water partition coefficient (Wildman–Crippen LogP) is -1.51. The molecule has 26 valence electrons. The minimum atomic E-state index is 0. The summed E-state index contributed by atoms with van der Waals surface area (Å²) in [7, 11) is 0. The average Bonchev–Trinajstić information content (AvgIpc) is 0.811. The van der Waals surface area contributed by atoms with Gasteiger partial charge < -0.3 is 12.6 Å². The maximum absolute atomic E-state index is 3.88. The van der Waals surface area contributed by atoms with Gasteiger partial charge in [0.1, 0.15) is 0 Å². The fourth-order valence-electron chi connectivity index (χ4n) is 0. The van der Waals surface area contributed by atoms with Crippen molar-refractivity contribution < 1.29 is 18.9 Å². The third-order valence-corrected chi connectivity index (χ3v) is 0. The summed E-state index contributed by atoms with van der Waals surface area (Å²) in [5.74, 6) is 0. The van der Waals surface area contributed by atoms with Gasteiger partial charge in [-0.2, -0.15) is 13.8 Å². The first-order chi connectivity index (χ1) is 1.73. The molecule has 0 atom stereocenters. The van der Waals surface area contributed by atoms with Gasteiger partial charge in [0.05, 0.1) is 0 Å². The first-order valence-corrected chi connectivity index (χ1v) is 1.67. The second kappa shape index (κ2) is 4.95. The Morgan fingerprint density at radius 2 is 1.40 bits per heavy atom. The van der Waals surface area contributed by atoms with Gasteiger partial charge >= 0.3 is 18.9 Å². The van der Waals surface area contributed by atoms with Crippen molar-refractivity contribution in [1.82, 2.24) is 0 Å². The molecule has 0 aromatic rings. The van der Waals surface area contributed by atoms with Crippen LogP contribution in [0.15, 0.2) is 0 Å². The molecule has 0 aliphatic heterocycles. The molecule has 0 nitrogen and oxygen atoms in total. The van der Waals surface area contributed by atoms with Crippen molar-refractivity contribution in [1.29, 1.82) is 0 Å². The second-order valence-electron chi connectivity index (χ2n) is 0.947. The third-order valence-electron chi connectivity index (χ3n) is 0. The van der Waals surface area contributed by atoms with E-state index < -0.39 is 0 Å². The first kappa shape index (κ1) is 9.34. The van der Waals surface area contributed by atoms with Crippen LogP contribution in [0.5, 0.6) is 0 Å². The van der Waals surface area contributed by atoms with Gasteiger partial charge in [0.15, 0.2) is 0 Å². The standard InChI is InChI=1S/C3H7S.Li/c1-3(2)4;/h4H,1-2H3;/q-1;+1. The van der Waals surface area contributed by atoms with E-state index in [1.165, 1.54) is 0 Å². The van der Waals surface area contributed by atoms with E-state index in [1.54, 1.807) is 0 Å². The number of thiol groups is 1. The Labute approximate surface area is 50.9 Å². The van der Waals surface area contributed by atoms with Gasteiger partial charge in [-0.05, 0) is 0 Å². The number of hydrogen-bond donors (Lipinski definition) is 1. The predicted molar refractivity (Wildman–Crippen MR) is 23.6 cm³/mol. The van der Waals surface area contributed by atoms with Crippen LogP contribution in [0.3, 0.4) is 0 Å². The molecule has 0 saturated heterocycles. The summed E-state index contributed by atoms with van der Waals surface area (Å²) >= 11 is 3.88. The fraction of sp³-hybridized carbons (Fsp3) is 0.667. The van der Waals surface area contributed by atoms with Crippen molar-refractivity contribution in [3.05, 3.63) is 5.25 Å². The summed E-state index contributed by atoms with van der Waals surface area (Å²) in [6.45, 7) is 3.90. The smallest absolute Gasteiger partial charge is 0.367 e. The summed E-state index contributed by atoms with van der Waals surface area (Å²) in [5.41, 5.74) is 0. The molecule has 0 bridgehead atoms. The fourth-order valence-corrected chi connectivity index (χ4v) is 0. The summed E-state index contributed by atoms with van der Waals surface area (Å²) in [6, 6.07) is 0. The normalized spacial score (nSPS) is 7.20. The van der Waals surface area contributed by atoms with E-state index >= 15 is 0 Å². The summed E-state index contributed by atoms with van der Waals surface area (Å²) in [5, 5.41) is 1.11. The monoisotopic (exact) mass is 82.0 g/mol. The maximum atomic E-state index is 3.88. The van der Waals surface area contributed by atoms with Gasteiger partial charge in [-0.1, -0.05) is 0 Å². The molecular weight excluding hydrogens is 75.0 g/mol. The van der Waals surface area contributed by atoms with Gasteiger partial charge in [-0.15, -0.1) is 0 Å². The van der Waals surface area contributed by atoms with Gasteiger partial charge in [0, 0.05) is 0 Å². The van der Waals surface area contributed by atoms with Gasteiger partial charge in [0.25, 0.3) is 0 Å². The maximum Gasteiger partial charge on any atom is 1.00 e. The van der Waals surface area contributed by atoms with Crippen LogP contribution in [0.1, 0.15) is 13.8 Å². The molecule has 0 saturated carbocycles. The molecule has 0 aromatic heterocycles. The average molecular weight is 82.1 g/mol. The summed E-state index contributed by atoms with van der Waals surface area (Å²) in [4.78, 5) is 0. The minimum absolute atomic E-state index is 0. The molecule has 0 aliphatic rings. The molecule has 0 unspecified atom stereocenters. The third kappa shape index (κ3) is 47.9. The molecule has 0 radical (unpaired) electrons. The number of hydrogen-bond acceptors (Lipinski definition) is 1. The molecule has 0 heterocycles. The summed E-state index contributed by atoms with van der Waals surface area (Å²) in [6.07, 6.45) is 0. The molecule has 5 heavy (non-hydrogen) atoms. The molecule has 0 amide bonds. The van der Waals surface area contributed by atoms with Crippen molar-refractivity contribution >= 4 is 12.6 Å². The Balaban J connectivity index is 0. The van der Waals surface area contributed by atoms with Crippen LogP contribution >= 0.6 is 12.6 Å². The second-order valence-corrected chi connectivity index (χ2v) is 1.84. The molecule has 0 rings (SSSR count). The Kier molecular flexibility index (Phi) is 9.24. The molecule has 0 fully saturated rings. The number of rotatable bonds is 0. The quantitative estimate of drug-likeness (QED) is 0.205. The summed E-state index contributed by atoms with van der Waals surface area (Å²) < 4.78 is 0. The van der Waals surface area contributed by atoms with Crippen molar-refractivity contribution in [2.45, 2.75) is 13.8 Å². The van der Waals surface area contributed by atoms with E-state index in [1.807, 2.05) is 13.8 Å². The van der Waals surface area contributed by atoms with Crippen LogP contribution in [0.4, 0.5) is 0 Å². The van der Waals surface area contributed by atoms with E-state index in [4.69, 9.17) is 0 Å². The van der Waals surface area contributed by atoms with Gasteiger partial charge in [-0.25, -0.2) is 0 Å². The Morgan fingerprint density at radius 3 is 1.40 bits per heavy atom. The van der Waals surface area contributed by atoms with Crippen LogP contribution < -0.4 is 18.9 Å². The molecule has 2 heteroatoms. The Morgan fingerprint density at radius 1 is 1.40 bits per heavy atom. The van der Waals surface area contributed by atoms with E-state index in [0.29, 0.717) is 0 Å². The van der Waals surface area contributed by atoms with Gasteiger partial charge in [0.2, 0.25) is 0 Å². The van der Waals surface area contributed by atoms with Crippen LogP contribution in [-0.4, -0.2) is 0 Å². The van der Waals surface area contributed by atoms with Crippen LogP contribution in [0.25, 0.3) is 0 Å². The van der Waals surface area contributed by atoms with Crippen molar-refractivity contribution in [2.75, 3.05) is 0 Å². The van der Waals surface area contributed by atoms with Crippen molar-refractivity contribution in [2.24, 2.45) is 0 Å². The molecule has 0 N–H and O–H groups in total. The van der Waals surface area contributed by atoms with E-state index in [0.717, 1.165) is 5.25 Å². The largest absolute Gasteiger partial charge is 1.00 e. The Bertz CT molecular complexity index is 11.6. The molecular formula is C3H7LiS. The van der Waals surface area contributed by atoms with Crippen LogP contribution in [0.2, 0.25) is 0 Å². The zero-order valence-electron chi connectivity index (χ0n) is 3.95. The Hall–Kier alpha value is 0.947. The zero-order chi connectivity index (χ0) is 3.58. The zero-order valence-corrected chi connectivity index (χ0v) is 4.84. The first-order valence-electron chi connectivity index (χ1n) is 1.22. The van der Waals surface area contributed by atoms with Crippen molar-refractivity contribution in [3.63, 3.8) is 0 Å².